The largest absolute Gasteiger partial charge is 0.595 e. The molecule has 0 saturated carbocycles. The van der Waals surface area contributed by atoms with E-state index in [0.29, 0.717) is 11.3 Å². The lowest BCUT2D eigenvalue weighted by Crippen LogP contribution is -2.40. The molecule has 0 bridgehead atoms. The van der Waals surface area contributed by atoms with Gasteiger partial charge in [-0.05, 0) is 19.1 Å². The van der Waals surface area contributed by atoms with Crippen LogP contribution in [-0.4, -0.2) is 9.61 Å². The maximum atomic E-state index is 12.7. The molecule has 2 aromatic carbocycles. The summed E-state index contributed by atoms with van der Waals surface area (Å²) in [6, 6.07) is 12.9. The summed E-state index contributed by atoms with van der Waals surface area (Å²) < 4.78 is 1.43. The van der Waals surface area contributed by atoms with E-state index in [2.05, 4.69) is 0 Å². The highest BCUT2D eigenvalue weighted by Crippen LogP contribution is 2.35. The first-order valence-corrected chi connectivity index (χ1v) is 8.15. The van der Waals surface area contributed by atoms with Crippen molar-refractivity contribution in [1.29, 1.82) is 0 Å². The average molecular weight is 378 g/mol. The number of nitrogens with zero attached hydrogens (tertiary/aromatic N) is 3. The molecule has 0 aliphatic heterocycles. The molecule has 0 amide bonds. The third kappa shape index (κ3) is 3.18. The number of halogens is 2. The molecular formula is C17H13Cl2N3O3. The lowest BCUT2D eigenvalue weighted by molar-refractivity contribution is -0.685. The van der Waals surface area contributed by atoms with Gasteiger partial charge in [0.05, 0.1) is 21.2 Å². The summed E-state index contributed by atoms with van der Waals surface area (Å²) in [5.74, 6) is 0. The lowest BCUT2D eigenvalue weighted by atomic mass is 10.1. The van der Waals surface area contributed by atoms with Crippen molar-refractivity contribution < 1.29 is 9.77 Å². The Balaban J connectivity index is 2.04. The lowest BCUT2D eigenvalue weighted by Gasteiger charge is -2.16. The third-order valence-electron chi connectivity index (χ3n) is 3.96. The minimum atomic E-state index is -0.566. The van der Waals surface area contributed by atoms with Gasteiger partial charge in [0.25, 0.3) is 11.4 Å². The first kappa shape index (κ1) is 17.3. The van der Waals surface area contributed by atoms with Gasteiger partial charge in [-0.1, -0.05) is 46.2 Å². The van der Waals surface area contributed by atoms with Gasteiger partial charge in [0.2, 0.25) is 0 Å². The van der Waals surface area contributed by atoms with Gasteiger partial charge < -0.3 is 5.21 Å². The van der Waals surface area contributed by atoms with E-state index >= 15 is 0 Å². The fraction of sp³-hybridized carbons (Fsp3) is 0.118. The zero-order chi connectivity index (χ0) is 18.1. The monoisotopic (exact) mass is 377 g/mol. The average Bonchev–Trinajstić information content (AvgIpc) is 2.96. The number of benzene rings is 2. The Labute approximate surface area is 153 Å². The van der Waals surface area contributed by atoms with Crippen LogP contribution in [-0.2, 0) is 0 Å². The van der Waals surface area contributed by atoms with Crippen molar-refractivity contribution in [3.63, 3.8) is 0 Å². The van der Waals surface area contributed by atoms with Crippen LogP contribution in [0.4, 0.5) is 5.69 Å². The van der Waals surface area contributed by atoms with Gasteiger partial charge in [-0.15, -0.1) is 4.68 Å². The van der Waals surface area contributed by atoms with Crippen LogP contribution in [0.1, 0.15) is 18.5 Å². The van der Waals surface area contributed by atoms with E-state index in [1.165, 1.54) is 16.8 Å². The third-order valence-corrected chi connectivity index (χ3v) is 4.59. The number of non-ortho nitro benzene ring substituents is 1. The highest BCUT2D eigenvalue weighted by atomic mass is 35.5. The summed E-state index contributed by atoms with van der Waals surface area (Å²) in [6.45, 7) is 1.75. The molecule has 1 aromatic heterocycles. The van der Waals surface area contributed by atoms with E-state index in [1.54, 1.807) is 19.2 Å². The van der Waals surface area contributed by atoms with Crippen LogP contribution in [0.15, 0.2) is 54.7 Å². The van der Waals surface area contributed by atoms with Crippen LogP contribution in [0.25, 0.3) is 11.3 Å². The summed E-state index contributed by atoms with van der Waals surface area (Å²) in [7, 11) is 0. The smallest absolute Gasteiger partial charge is 0.272 e. The van der Waals surface area contributed by atoms with Crippen molar-refractivity contribution in [2.75, 3.05) is 0 Å². The quantitative estimate of drug-likeness (QED) is 0.288. The van der Waals surface area contributed by atoms with Crippen LogP contribution in [0.2, 0.25) is 10.0 Å². The highest BCUT2D eigenvalue weighted by Gasteiger charge is 2.25. The Morgan fingerprint density at radius 2 is 1.72 bits per heavy atom. The molecule has 3 rings (SSSR count). The number of nitro groups is 1. The van der Waals surface area contributed by atoms with Crippen molar-refractivity contribution in [3.8, 4) is 11.3 Å². The molecule has 128 valence electrons. The van der Waals surface area contributed by atoms with E-state index in [9.17, 15) is 15.3 Å². The molecular weight excluding hydrogens is 365 g/mol. The normalized spacial score (nSPS) is 12.1. The zero-order valence-corrected chi connectivity index (χ0v) is 14.6. The zero-order valence-electron chi connectivity index (χ0n) is 13.1. The SMILES string of the molecule is CC(c1c(Cl)cc([N+](=O)[O-])cc1Cl)n1ccc(-c2ccccc2)[n+]1[O-]. The molecule has 3 aromatic rings. The first-order chi connectivity index (χ1) is 11.9. The first-order valence-electron chi connectivity index (χ1n) is 7.39. The van der Waals surface area contributed by atoms with Crippen molar-refractivity contribution in [3.05, 3.63) is 85.7 Å². The standard InChI is InChI=1S/C17H13Cl2N3O3/c1-11(17-14(18)9-13(22(24)25)10-15(17)19)20-8-7-16(21(20)23)12-5-3-2-4-6-12/h2-11H,1H3. The Bertz CT molecular complexity index is 919. The Morgan fingerprint density at radius 1 is 1.12 bits per heavy atom. The number of rotatable bonds is 4. The van der Waals surface area contributed by atoms with Crippen molar-refractivity contribution >= 4 is 28.9 Å². The Hall–Kier alpha value is -2.57. The second-order valence-electron chi connectivity index (χ2n) is 5.48. The second kappa shape index (κ2) is 6.74. The molecule has 1 atom stereocenters. The molecule has 6 nitrogen and oxygen atoms in total. The van der Waals surface area contributed by atoms with Crippen molar-refractivity contribution in [1.82, 2.24) is 4.68 Å². The predicted octanol–water partition coefficient (Wildman–Crippen LogP) is 4.61. The van der Waals surface area contributed by atoms with Crippen LogP contribution in [0.5, 0.6) is 0 Å². The molecule has 8 heteroatoms. The minimum absolute atomic E-state index is 0.140. The summed E-state index contributed by atoms with van der Waals surface area (Å²) in [6.07, 6.45) is 1.63. The number of nitro benzene ring substituents is 1. The van der Waals surface area contributed by atoms with E-state index < -0.39 is 11.0 Å². The van der Waals surface area contributed by atoms with Gasteiger partial charge in [0.15, 0.2) is 0 Å². The van der Waals surface area contributed by atoms with Gasteiger partial charge >= 0.3 is 0 Å². The van der Waals surface area contributed by atoms with E-state index in [4.69, 9.17) is 23.2 Å². The molecule has 0 saturated heterocycles. The minimum Gasteiger partial charge on any atom is -0.595 e. The molecule has 0 fully saturated rings. The summed E-state index contributed by atoms with van der Waals surface area (Å²) in [4.78, 5) is 11.1. The van der Waals surface area contributed by atoms with Crippen LogP contribution >= 0.6 is 23.2 Å². The van der Waals surface area contributed by atoms with Gasteiger partial charge in [-0.3, -0.25) is 10.1 Å². The van der Waals surface area contributed by atoms with Gasteiger partial charge in [0.1, 0.15) is 6.04 Å². The number of hydrogen-bond acceptors (Lipinski definition) is 3. The van der Waals surface area contributed by atoms with Gasteiger partial charge in [-0.2, -0.15) is 0 Å². The fourth-order valence-corrected chi connectivity index (χ4v) is 3.50. The maximum Gasteiger partial charge on any atom is 0.272 e. The predicted molar refractivity (Wildman–Crippen MR) is 95.8 cm³/mol. The molecule has 0 N–H and O–H groups in total. The summed E-state index contributed by atoms with van der Waals surface area (Å²) >= 11 is 12.4. The molecule has 1 unspecified atom stereocenters. The van der Waals surface area contributed by atoms with Crippen molar-refractivity contribution in [2.24, 2.45) is 0 Å². The molecule has 0 aliphatic rings. The Kier molecular flexibility index (Phi) is 4.65. The van der Waals surface area contributed by atoms with Gasteiger partial charge in [0, 0.05) is 29.3 Å². The van der Waals surface area contributed by atoms with Crippen LogP contribution < -0.4 is 4.85 Å². The molecule has 0 spiro atoms. The van der Waals surface area contributed by atoms with Crippen LogP contribution in [0.3, 0.4) is 0 Å². The molecule has 25 heavy (non-hydrogen) atoms. The van der Waals surface area contributed by atoms with Gasteiger partial charge in [-0.25, -0.2) is 0 Å². The molecule has 0 radical (unpaired) electrons. The molecule has 0 aliphatic carbocycles. The second-order valence-corrected chi connectivity index (χ2v) is 6.29. The van der Waals surface area contributed by atoms with E-state index in [0.717, 1.165) is 10.4 Å². The van der Waals surface area contributed by atoms with Crippen LogP contribution in [0, 0.1) is 15.3 Å². The van der Waals surface area contributed by atoms with E-state index in [-0.39, 0.29) is 15.7 Å². The van der Waals surface area contributed by atoms with Crippen molar-refractivity contribution in [2.45, 2.75) is 13.0 Å². The Morgan fingerprint density at radius 3 is 2.28 bits per heavy atom. The fourth-order valence-electron chi connectivity index (χ4n) is 2.71. The van der Waals surface area contributed by atoms with E-state index in [1.807, 2.05) is 30.3 Å². The number of hydrogen-bond donors (Lipinski definition) is 0. The maximum absolute atomic E-state index is 12.7. The molecule has 1 heterocycles. The summed E-state index contributed by atoms with van der Waals surface area (Å²) in [5.41, 5.74) is 1.53. The summed E-state index contributed by atoms with van der Waals surface area (Å²) in [5, 5.41) is 23.8. The number of aromatic nitrogens is 2. The highest BCUT2D eigenvalue weighted by molar-refractivity contribution is 6.36. The topological polar surface area (TPSA) is 75.0 Å².